The number of thioether (sulfide) groups is 1. The number of anilines is 1. The Balaban J connectivity index is 1.55. The highest BCUT2D eigenvalue weighted by Crippen LogP contribution is 2.26. The van der Waals surface area contributed by atoms with Crippen LogP contribution >= 0.6 is 23.1 Å². The number of nitrogens with zero attached hydrogens (tertiary/aromatic N) is 1. The number of hydrogen-bond acceptors (Lipinski definition) is 4. The van der Waals surface area contributed by atoms with Crippen molar-refractivity contribution in [1.29, 1.82) is 0 Å². The molecular formula is C21H22N2OS2. The number of carbonyl (C=O) groups is 1. The molecule has 1 amide bonds. The predicted octanol–water partition coefficient (Wildman–Crippen LogP) is 5.54. The molecule has 1 aromatic heterocycles. The maximum atomic E-state index is 12.3. The van der Waals surface area contributed by atoms with E-state index in [0.717, 1.165) is 32.6 Å². The van der Waals surface area contributed by atoms with Crippen molar-refractivity contribution in [3.8, 4) is 0 Å². The van der Waals surface area contributed by atoms with E-state index in [1.807, 2.05) is 37.4 Å². The molecule has 0 saturated heterocycles. The van der Waals surface area contributed by atoms with E-state index in [9.17, 15) is 4.79 Å². The van der Waals surface area contributed by atoms with Gasteiger partial charge in [0.1, 0.15) is 4.34 Å². The monoisotopic (exact) mass is 382 g/mol. The van der Waals surface area contributed by atoms with Crippen molar-refractivity contribution in [2.24, 2.45) is 0 Å². The number of thiazole rings is 1. The van der Waals surface area contributed by atoms with Gasteiger partial charge in [0.2, 0.25) is 5.91 Å². The van der Waals surface area contributed by atoms with Crippen LogP contribution < -0.4 is 5.32 Å². The maximum Gasteiger partial charge on any atom is 0.230 e. The molecule has 0 atom stereocenters. The molecule has 2 aromatic carbocycles. The molecule has 5 heteroatoms. The normalized spacial score (nSPS) is 10.7. The third-order valence-electron chi connectivity index (χ3n) is 4.02. The quantitative estimate of drug-likeness (QED) is 0.569. The van der Waals surface area contributed by atoms with Crippen LogP contribution in [-0.4, -0.2) is 10.9 Å². The number of rotatable bonds is 6. The molecule has 3 nitrogen and oxygen atoms in total. The van der Waals surface area contributed by atoms with Gasteiger partial charge in [0.15, 0.2) is 0 Å². The molecule has 0 fully saturated rings. The summed E-state index contributed by atoms with van der Waals surface area (Å²) in [5.74, 6) is 0.862. The highest BCUT2D eigenvalue weighted by Gasteiger charge is 2.10. The standard InChI is InChI=1S/C21H22N2OS2/c1-14-5-8-17(9-6-14)12-25-21-22-18(13-26-21)11-20(24)23-19-10-15(2)4-7-16(19)3/h4-10,13H,11-12H2,1-3H3,(H,23,24). The summed E-state index contributed by atoms with van der Waals surface area (Å²) in [6, 6.07) is 14.6. The van der Waals surface area contributed by atoms with E-state index in [-0.39, 0.29) is 5.91 Å². The minimum Gasteiger partial charge on any atom is -0.325 e. The van der Waals surface area contributed by atoms with Gasteiger partial charge >= 0.3 is 0 Å². The van der Waals surface area contributed by atoms with Crippen LogP contribution in [0, 0.1) is 20.8 Å². The van der Waals surface area contributed by atoms with Gasteiger partial charge in [-0.3, -0.25) is 4.79 Å². The second kappa shape index (κ2) is 8.52. The van der Waals surface area contributed by atoms with Crippen molar-refractivity contribution in [3.63, 3.8) is 0 Å². The van der Waals surface area contributed by atoms with Gasteiger partial charge in [-0.1, -0.05) is 53.7 Å². The minimum absolute atomic E-state index is 0.0286. The van der Waals surface area contributed by atoms with E-state index < -0.39 is 0 Å². The average Bonchev–Trinajstić information content (AvgIpc) is 3.05. The Labute approximate surface area is 162 Å². The molecule has 0 aliphatic heterocycles. The van der Waals surface area contributed by atoms with Crippen molar-refractivity contribution in [3.05, 3.63) is 75.8 Å². The zero-order chi connectivity index (χ0) is 18.5. The molecule has 3 aromatic rings. The number of hydrogen-bond donors (Lipinski definition) is 1. The molecule has 0 spiro atoms. The smallest absolute Gasteiger partial charge is 0.230 e. The summed E-state index contributed by atoms with van der Waals surface area (Å²) in [4.78, 5) is 16.9. The lowest BCUT2D eigenvalue weighted by atomic mass is 10.1. The first-order valence-electron chi connectivity index (χ1n) is 8.49. The molecule has 0 radical (unpaired) electrons. The number of carbonyl (C=O) groups excluding carboxylic acids is 1. The first-order valence-corrected chi connectivity index (χ1v) is 10.4. The molecule has 26 heavy (non-hydrogen) atoms. The van der Waals surface area contributed by atoms with Crippen molar-refractivity contribution in [1.82, 2.24) is 4.98 Å². The lowest BCUT2D eigenvalue weighted by molar-refractivity contribution is -0.115. The van der Waals surface area contributed by atoms with Crippen molar-refractivity contribution in [2.75, 3.05) is 5.32 Å². The van der Waals surface area contributed by atoms with Gasteiger partial charge in [-0.05, 0) is 43.5 Å². The zero-order valence-electron chi connectivity index (χ0n) is 15.2. The van der Waals surface area contributed by atoms with Crippen LogP contribution in [0.2, 0.25) is 0 Å². The highest BCUT2D eigenvalue weighted by atomic mass is 32.2. The Kier molecular flexibility index (Phi) is 6.12. The van der Waals surface area contributed by atoms with Crippen molar-refractivity contribution < 1.29 is 4.79 Å². The average molecular weight is 383 g/mol. The molecule has 0 bridgehead atoms. The number of nitrogens with one attached hydrogen (secondary N) is 1. The first kappa shape index (κ1) is 18.7. The van der Waals surface area contributed by atoms with Crippen LogP contribution in [0.4, 0.5) is 5.69 Å². The van der Waals surface area contributed by atoms with E-state index in [1.54, 1.807) is 23.1 Å². The number of aryl methyl sites for hydroxylation is 3. The van der Waals surface area contributed by atoms with Gasteiger partial charge in [0.05, 0.1) is 12.1 Å². The summed E-state index contributed by atoms with van der Waals surface area (Å²) < 4.78 is 1.00. The number of benzene rings is 2. The van der Waals surface area contributed by atoms with Crippen LogP contribution in [-0.2, 0) is 17.0 Å². The molecule has 3 rings (SSSR count). The molecule has 0 aliphatic rings. The molecule has 0 saturated carbocycles. The second-order valence-corrected chi connectivity index (χ2v) is 8.50. The predicted molar refractivity (Wildman–Crippen MR) is 111 cm³/mol. The first-order chi connectivity index (χ1) is 12.5. The van der Waals surface area contributed by atoms with Crippen LogP contribution in [0.15, 0.2) is 52.2 Å². The highest BCUT2D eigenvalue weighted by molar-refractivity contribution is 8.00. The molecule has 1 N–H and O–H groups in total. The lowest BCUT2D eigenvalue weighted by Gasteiger charge is -2.08. The van der Waals surface area contributed by atoms with Crippen molar-refractivity contribution in [2.45, 2.75) is 37.3 Å². The molecule has 134 valence electrons. The van der Waals surface area contributed by atoms with Crippen LogP contribution in [0.5, 0.6) is 0 Å². The van der Waals surface area contributed by atoms with Crippen molar-refractivity contribution >= 4 is 34.7 Å². The van der Waals surface area contributed by atoms with E-state index >= 15 is 0 Å². The summed E-state index contributed by atoms with van der Waals surface area (Å²) in [5, 5.41) is 4.96. The second-order valence-electron chi connectivity index (χ2n) is 6.42. The lowest BCUT2D eigenvalue weighted by Crippen LogP contribution is -2.15. The summed E-state index contributed by atoms with van der Waals surface area (Å²) in [6.07, 6.45) is 0.301. The number of amides is 1. The third kappa shape index (κ3) is 5.19. The molecule has 1 heterocycles. The van der Waals surface area contributed by atoms with Gasteiger partial charge in [-0.2, -0.15) is 0 Å². The Morgan fingerprint density at radius 2 is 1.81 bits per heavy atom. The number of aromatic nitrogens is 1. The SMILES string of the molecule is Cc1ccc(CSc2nc(CC(=O)Nc3cc(C)ccc3C)cs2)cc1. The van der Waals surface area contributed by atoms with Crippen LogP contribution in [0.25, 0.3) is 0 Å². The van der Waals surface area contributed by atoms with Crippen LogP contribution in [0.3, 0.4) is 0 Å². The fourth-order valence-electron chi connectivity index (χ4n) is 2.49. The summed E-state index contributed by atoms with van der Waals surface area (Å²) in [7, 11) is 0. The zero-order valence-corrected chi connectivity index (χ0v) is 16.8. The summed E-state index contributed by atoms with van der Waals surface area (Å²) in [6.45, 7) is 6.11. The molecular weight excluding hydrogens is 360 g/mol. The topological polar surface area (TPSA) is 42.0 Å². The fourth-order valence-corrected chi connectivity index (χ4v) is 4.30. The fraction of sp³-hybridized carbons (Fsp3) is 0.238. The molecule has 0 unspecified atom stereocenters. The third-order valence-corrected chi connectivity index (χ3v) is 6.16. The van der Waals surface area contributed by atoms with E-state index in [2.05, 4.69) is 41.5 Å². The Hall–Kier alpha value is -2.11. The van der Waals surface area contributed by atoms with Crippen LogP contribution in [0.1, 0.15) is 27.9 Å². The van der Waals surface area contributed by atoms with Gasteiger partial charge in [0.25, 0.3) is 0 Å². The van der Waals surface area contributed by atoms with Gasteiger partial charge in [-0.25, -0.2) is 4.98 Å². The Morgan fingerprint density at radius 3 is 2.58 bits per heavy atom. The molecule has 0 aliphatic carbocycles. The summed E-state index contributed by atoms with van der Waals surface area (Å²) >= 11 is 3.31. The minimum atomic E-state index is -0.0286. The van der Waals surface area contributed by atoms with E-state index in [1.165, 1.54) is 11.1 Å². The largest absolute Gasteiger partial charge is 0.325 e. The van der Waals surface area contributed by atoms with Gasteiger partial charge in [-0.15, -0.1) is 11.3 Å². The maximum absolute atomic E-state index is 12.3. The van der Waals surface area contributed by atoms with E-state index in [4.69, 9.17) is 0 Å². The Bertz CT molecular complexity index is 901. The van der Waals surface area contributed by atoms with Gasteiger partial charge < -0.3 is 5.32 Å². The van der Waals surface area contributed by atoms with Gasteiger partial charge in [0, 0.05) is 16.8 Å². The summed E-state index contributed by atoms with van der Waals surface area (Å²) in [5.41, 5.74) is 6.45. The Morgan fingerprint density at radius 1 is 1.08 bits per heavy atom. The van der Waals surface area contributed by atoms with E-state index in [0.29, 0.717) is 6.42 Å².